The van der Waals surface area contributed by atoms with E-state index in [9.17, 15) is 0 Å². The molecule has 74 valence electrons. The van der Waals surface area contributed by atoms with Crippen molar-refractivity contribution in [3.8, 4) is 0 Å². The summed E-state index contributed by atoms with van der Waals surface area (Å²) in [6.07, 6.45) is 0. The average Bonchev–Trinajstić information content (AvgIpc) is 2.43. The zero-order valence-corrected chi connectivity index (χ0v) is 9.66. The molecular weight excluding hydrogens is 188 g/mol. The van der Waals surface area contributed by atoms with Crippen LogP contribution in [0.3, 0.4) is 0 Å². The Bertz CT molecular complexity index is 512. The largest absolute Gasteiger partial charge is 0.183 e. The Morgan fingerprint density at radius 3 is 2.71 bits per heavy atom. The summed E-state index contributed by atoms with van der Waals surface area (Å²) in [6, 6.07) is 4.51. The van der Waals surface area contributed by atoms with Crippen LogP contribution in [0.25, 0.3) is 0 Å². The van der Waals surface area contributed by atoms with Gasteiger partial charge in [0.2, 0.25) is 0 Å². The van der Waals surface area contributed by atoms with E-state index in [1.807, 2.05) is 5.41 Å². The zero-order chi connectivity index (χ0) is 10.3. The van der Waals surface area contributed by atoms with E-state index in [0.717, 1.165) is 5.75 Å². The third-order valence-corrected chi connectivity index (χ3v) is 4.97. The summed E-state index contributed by atoms with van der Waals surface area (Å²) < 4.78 is 0. The van der Waals surface area contributed by atoms with Crippen LogP contribution in [0.1, 0.15) is 22.3 Å². The molecule has 0 N–H and O–H groups in total. The van der Waals surface area contributed by atoms with Crippen LogP contribution in [0, 0.1) is 13.8 Å². The predicted octanol–water partition coefficient (Wildman–Crippen LogP) is 3.35. The fourth-order valence-corrected chi connectivity index (χ4v) is 3.95. The number of aryl methyl sites for hydroxylation is 2. The van der Waals surface area contributed by atoms with Crippen molar-refractivity contribution in [2.45, 2.75) is 19.6 Å². The van der Waals surface area contributed by atoms with Gasteiger partial charge in [0.15, 0.2) is 0 Å². The molecule has 1 aliphatic rings. The van der Waals surface area contributed by atoms with Crippen LogP contribution in [0.4, 0.5) is 0 Å². The first-order valence-electron chi connectivity index (χ1n) is 4.75. The molecule has 1 heterocycles. The fraction of sp³-hybridized carbons (Fsp3) is 0.231. The number of rotatable bonds is 1. The maximum atomic E-state index is 4.28. The van der Waals surface area contributed by atoms with Crippen molar-refractivity contribution < 1.29 is 0 Å². The predicted molar refractivity (Wildman–Crippen MR) is 69.7 cm³/mol. The van der Waals surface area contributed by atoms with Crippen LogP contribution < -0.4 is 0 Å². The van der Waals surface area contributed by atoms with Gasteiger partial charge in [0.05, 0.1) is 0 Å². The highest BCUT2D eigenvalue weighted by Gasteiger charge is 2.14. The topological polar surface area (TPSA) is 0 Å². The summed E-state index contributed by atoms with van der Waals surface area (Å²) in [5.74, 6) is 5.36. The first-order chi connectivity index (χ1) is 6.54. The van der Waals surface area contributed by atoms with E-state index in [4.69, 9.17) is 0 Å². The molecule has 0 spiro atoms. The lowest BCUT2D eigenvalue weighted by molar-refractivity contribution is 1.28. The molecule has 1 aromatic carbocycles. The van der Waals surface area contributed by atoms with Gasteiger partial charge in [-0.05, 0) is 41.3 Å². The quantitative estimate of drug-likeness (QED) is 0.615. The molecule has 1 unspecified atom stereocenters. The van der Waals surface area contributed by atoms with Gasteiger partial charge in [-0.15, -0.1) is 0 Å². The minimum absolute atomic E-state index is 0.951. The van der Waals surface area contributed by atoms with E-state index >= 15 is 0 Å². The highest BCUT2D eigenvalue weighted by atomic mass is 32.2. The van der Waals surface area contributed by atoms with E-state index in [-0.39, 0.29) is 0 Å². The van der Waals surface area contributed by atoms with E-state index in [1.165, 1.54) is 22.3 Å². The number of hydrogen-bond donors (Lipinski definition) is 0. The highest BCUT2D eigenvalue weighted by Crippen LogP contribution is 2.38. The molecule has 1 atom stereocenters. The summed E-state index contributed by atoms with van der Waals surface area (Å²) in [4.78, 5) is 0. The smallest absolute Gasteiger partial charge is 0.0132 e. The van der Waals surface area contributed by atoms with Crippen molar-refractivity contribution in [1.29, 1.82) is 0 Å². The summed E-state index contributed by atoms with van der Waals surface area (Å²) in [5, 5.41) is 4.34. The maximum absolute atomic E-state index is 4.28. The van der Waals surface area contributed by atoms with Crippen molar-refractivity contribution in [3.63, 3.8) is 0 Å². The Balaban J connectivity index is 2.68. The minimum Gasteiger partial charge on any atom is -0.183 e. The second kappa shape index (κ2) is 3.03. The first-order valence-corrected chi connectivity index (χ1v) is 6.85. The SMILES string of the molecule is C=CS1(=C)=Cc2cc(C)cc(C)c2C1. The maximum Gasteiger partial charge on any atom is 0.0132 e. The van der Waals surface area contributed by atoms with Crippen LogP contribution in [0.5, 0.6) is 0 Å². The summed E-state index contributed by atoms with van der Waals surface area (Å²) >= 11 is 0. The lowest BCUT2D eigenvalue weighted by Gasteiger charge is -2.06. The zero-order valence-electron chi connectivity index (χ0n) is 8.84. The van der Waals surface area contributed by atoms with Crippen LogP contribution in [0.2, 0.25) is 0 Å². The summed E-state index contributed by atoms with van der Waals surface area (Å²) in [6.45, 7) is 8.23. The molecule has 0 aliphatic carbocycles. The third-order valence-electron chi connectivity index (χ3n) is 2.76. The molecule has 2 rings (SSSR count). The van der Waals surface area contributed by atoms with Crippen molar-refractivity contribution in [2.24, 2.45) is 0 Å². The minimum atomic E-state index is -0.951. The fourth-order valence-electron chi connectivity index (χ4n) is 2.00. The van der Waals surface area contributed by atoms with Crippen LogP contribution in [-0.2, 0) is 5.75 Å². The molecule has 0 saturated carbocycles. The van der Waals surface area contributed by atoms with Crippen molar-refractivity contribution in [1.82, 2.24) is 0 Å². The normalized spacial score (nSPS) is 24.1. The number of benzene rings is 1. The summed E-state index contributed by atoms with van der Waals surface area (Å²) in [7, 11) is -0.951. The Labute approximate surface area is 86.8 Å². The second-order valence-corrected chi connectivity index (χ2v) is 6.96. The third kappa shape index (κ3) is 1.42. The molecule has 0 amide bonds. The van der Waals surface area contributed by atoms with Crippen molar-refractivity contribution in [3.05, 3.63) is 46.4 Å². The van der Waals surface area contributed by atoms with Crippen LogP contribution >= 0.6 is 9.21 Å². The van der Waals surface area contributed by atoms with E-state index in [2.05, 4.69) is 43.8 Å². The Hall–Kier alpha value is -0.950. The molecule has 0 bridgehead atoms. The lowest BCUT2D eigenvalue weighted by Crippen LogP contribution is -1.90. The molecule has 0 saturated heterocycles. The van der Waals surface area contributed by atoms with Gasteiger partial charge in [0, 0.05) is 5.75 Å². The van der Waals surface area contributed by atoms with Crippen LogP contribution in [-0.4, -0.2) is 11.2 Å². The van der Waals surface area contributed by atoms with Gasteiger partial charge < -0.3 is 0 Å². The Morgan fingerprint density at radius 1 is 1.36 bits per heavy atom. The molecule has 1 heteroatoms. The standard InChI is InChI=1S/C13H16S/c1-5-14(4)8-12-7-10(2)6-11(3)13(12)9-14/h5-8H,1,4,9H2,2-3H3. The molecule has 0 radical (unpaired) electrons. The summed E-state index contributed by atoms with van der Waals surface area (Å²) in [5.41, 5.74) is 5.59. The van der Waals surface area contributed by atoms with E-state index in [0.29, 0.717) is 0 Å². The van der Waals surface area contributed by atoms with Gasteiger partial charge in [-0.25, -0.2) is 0 Å². The Kier molecular flexibility index (Phi) is 2.07. The van der Waals surface area contributed by atoms with Crippen molar-refractivity contribution >= 4 is 20.4 Å². The number of hydrogen-bond acceptors (Lipinski definition) is 0. The van der Waals surface area contributed by atoms with E-state index < -0.39 is 9.21 Å². The monoisotopic (exact) mass is 204 g/mol. The van der Waals surface area contributed by atoms with Gasteiger partial charge in [-0.2, -0.15) is 9.21 Å². The molecule has 0 fully saturated rings. The molecule has 1 aliphatic heterocycles. The highest BCUT2D eigenvalue weighted by molar-refractivity contribution is 8.30. The second-order valence-electron chi connectivity index (χ2n) is 4.09. The molecule has 14 heavy (non-hydrogen) atoms. The van der Waals surface area contributed by atoms with Crippen molar-refractivity contribution in [2.75, 3.05) is 0 Å². The van der Waals surface area contributed by atoms with Gasteiger partial charge in [0.1, 0.15) is 0 Å². The lowest BCUT2D eigenvalue weighted by atomic mass is 10.0. The number of fused-ring (bicyclic) bond motifs is 1. The van der Waals surface area contributed by atoms with Gasteiger partial charge in [-0.1, -0.05) is 30.1 Å². The van der Waals surface area contributed by atoms with E-state index in [1.54, 1.807) is 0 Å². The van der Waals surface area contributed by atoms with Gasteiger partial charge in [-0.3, -0.25) is 0 Å². The molecular formula is C13H16S. The molecule has 0 aromatic heterocycles. The van der Waals surface area contributed by atoms with Gasteiger partial charge in [0.25, 0.3) is 0 Å². The van der Waals surface area contributed by atoms with Crippen LogP contribution in [0.15, 0.2) is 24.1 Å². The Morgan fingerprint density at radius 2 is 2.07 bits per heavy atom. The molecule has 0 nitrogen and oxygen atoms in total. The molecule has 1 aromatic rings. The van der Waals surface area contributed by atoms with Gasteiger partial charge >= 0.3 is 0 Å². The average molecular weight is 204 g/mol. The first kappa shape index (κ1) is 9.60.